The number of nitrogens with one attached hydrogen (secondary N) is 2. The summed E-state index contributed by atoms with van der Waals surface area (Å²) in [6.07, 6.45) is 9.50. The van der Waals surface area contributed by atoms with Crippen LogP contribution < -0.4 is 10.6 Å². The highest BCUT2D eigenvalue weighted by molar-refractivity contribution is 5.74. The number of rotatable bonds is 5. The molecule has 0 heterocycles. The third-order valence-electron chi connectivity index (χ3n) is 2.56. The van der Waals surface area contributed by atoms with E-state index in [0.29, 0.717) is 6.54 Å². The highest BCUT2D eigenvalue weighted by atomic mass is 16.3. The zero-order chi connectivity index (χ0) is 11.8. The van der Waals surface area contributed by atoms with E-state index in [9.17, 15) is 4.79 Å². The Morgan fingerprint density at radius 3 is 3.00 bits per heavy atom. The molecule has 0 fully saturated rings. The fraction of sp³-hybridized carbons (Fsp3) is 0.583. The molecule has 1 aliphatic carbocycles. The SMILES string of the molecule is C/C=C/CCNC(=O)N[C@@H]1C=C[C@H](CO)C1. The van der Waals surface area contributed by atoms with Crippen LogP contribution in [0.25, 0.3) is 0 Å². The number of carbonyl (C=O) groups is 1. The molecule has 2 atom stereocenters. The van der Waals surface area contributed by atoms with Gasteiger partial charge in [0, 0.05) is 25.1 Å². The van der Waals surface area contributed by atoms with Crippen molar-refractivity contribution in [2.75, 3.05) is 13.2 Å². The van der Waals surface area contributed by atoms with Crippen LogP contribution in [0.4, 0.5) is 4.79 Å². The number of allylic oxidation sites excluding steroid dienone is 1. The molecule has 0 aromatic rings. The Kier molecular flexibility index (Phi) is 5.64. The summed E-state index contributed by atoms with van der Waals surface area (Å²) in [6, 6.07) is -0.0865. The zero-order valence-electron chi connectivity index (χ0n) is 9.65. The predicted octanol–water partition coefficient (Wildman–Crippen LogP) is 1.19. The Balaban J connectivity index is 2.13. The van der Waals surface area contributed by atoms with Gasteiger partial charge in [0.25, 0.3) is 0 Å². The molecule has 0 aromatic carbocycles. The van der Waals surface area contributed by atoms with Crippen LogP contribution in [0.15, 0.2) is 24.3 Å². The van der Waals surface area contributed by atoms with Gasteiger partial charge in [-0.15, -0.1) is 0 Å². The predicted molar refractivity (Wildman–Crippen MR) is 64.1 cm³/mol. The van der Waals surface area contributed by atoms with E-state index in [2.05, 4.69) is 10.6 Å². The number of aliphatic hydroxyl groups excluding tert-OH is 1. The lowest BCUT2D eigenvalue weighted by Gasteiger charge is -2.13. The van der Waals surface area contributed by atoms with Gasteiger partial charge >= 0.3 is 6.03 Å². The van der Waals surface area contributed by atoms with Gasteiger partial charge in [-0.05, 0) is 19.8 Å². The molecule has 0 aromatic heterocycles. The van der Waals surface area contributed by atoms with Crippen molar-refractivity contribution in [3.05, 3.63) is 24.3 Å². The van der Waals surface area contributed by atoms with Gasteiger partial charge in [-0.25, -0.2) is 4.79 Å². The monoisotopic (exact) mass is 224 g/mol. The van der Waals surface area contributed by atoms with Crippen molar-refractivity contribution in [3.63, 3.8) is 0 Å². The van der Waals surface area contributed by atoms with Gasteiger partial charge in [-0.2, -0.15) is 0 Å². The van der Waals surface area contributed by atoms with Gasteiger partial charge in [0.2, 0.25) is 0 Å². The highest BCUT2D eigenvalue weighted by Gasteiger charge is 2.19. The van der Waals surface area contributed by atoms with Gasteiger partial charge in [0.05, 0.1) is 0 Å². The molecule has 1 aliphatic rings. The Hall–Kier alpha value is -1.29. The average Bonchev–Trinajstić information content (AvgIpc) is 2.72. The summed E-state index contributed by atoms with van der Waals surface area (Å²) in [7, 11) is 0. The summed E-state index contributed by atoms with van der Waals surface area (Å²) in [4.78, 5) is 11.4. The first-order chi connectivity index (χ1) is 7.76. The quantitative estimate of drug-likeness (QED) is 0.485. The summed E-state index contributed by atoms with van der Waals surface area (Å²) < 4.78 is 0. The number of amides is 2. The average molecular weight is 224 g/mol. The summed E-state index contributed by atoms with van der Waals surface area (Å²) in [5, 5.41) is 14.6. The third-order valence-corrected chi connectivity index (χ3v) is 2.56. The maximum absolute atomic E-state index is 11.4. The van der Waals surface area contributed by atoms with Crippen molar-refractivity contribution in [1.29, 1.82) is 0 Å². The van der Waals surface area contributed by atoms with E-state index >= 15 is 0 Å². The van der Waals surface area contributed by atoms with Crippen molar-refractivity contribution < 1.29 is 9.90 Å². The second-order valence-corrected chi connectivity index (χ2v) is 3.93. The topological polar surface area (TPSA) is 61.4 Å². The number of urea groups is 1. The standard InChI is InChI=1S/C12H20N2O2/c1-2-3-4-7-13-12(16)14-11-6-5-10(8-11)9-15/h2-3,5-6,10-11,15H,4,7-9H2,1H3,(H2,13,14,16)/b3-2+/t10-,11+/m0/s1. The molecule has 4 nitrogen and oxygen atoms in total. The van der Waals surface area contributed by atoms with Crippen LogP contribution in [0.5, 0.6) is 0 Å². The first kappa shape index (κ1) is 12.8. The van der Waals surface area contributed by atoms with Crippen LogP contribution in [0.3, 0.4) is 0 Å². The maximum atomic E-state index is 11.4. The molecule has 3 N–H and O–H groups in total. The van der Waals surface area contributed by atoms with Crippen LogP contribution in [-0.2, 0) is 0 Å². The molecule has 0 radical (unpaired) electrons. The normalized spacial score (nSPS) is 23.9. The summed E-state index contributed by atoms with van der Waals surface area (Å²) in [5.41, 5.74) is 0. The van der Waals surface area contributed by atoms with Gasteiger partial charge in [-0.3, -0.25) is 0 Å². The lowest BCUT2D eigenvalue weighted by Crippen LogP contribution is -2.41. The van der Waals surface area contributed by atoms with Crippen LogP contribution in [0.1, 0.15) is 19.8 Å². The van der Waals surface area contributed by atoms with Gasteiger partial charge in [0.15, 0.2) is 0 Å². The lowest BCUT2D eigenvalue weighted by molar-refractivity contribution is 0.231. The van der Waals surface area contributed by atoms with Crippen molar-refractivity contribution in [3.8, 4) is 0 Å². The Labute approximate surface area is 96.4 Å². The van der Waals surface area contributed by atoms with Crippen molar-refractivity contribution in [2.24, 2.45) is 5.92 Å². The third kappa shape index (κ3) is 4.49. The maximum Gasteiger partial charge on any atom is 0.315 e. The lowest BCUT2D eigenvalue weighted by atomic mass is 10.1. The summed E-state index contributed by atoms with van der Waals surface area (Å²) in [6.45, 7) is 2.76. The van der Waals surface area contributed by atoms with E-state index in [1.165, 1.54) is 0 Å². The molecule has 0 saturated carbocycles. The fourth-order valence-corrected chi connectivity index (χ4v) is 1.67. The molecule has 0 aliphatic heterocycles. The first-order valence-corrected chi connectivity index (χ1v) is 5.71. The molecule has 90 valence electrons. The number of hydrogen-bond acceptors (Lipinski definition) is 2. The first-order valence-electron chi connectivity index (χ1n) is 5.71. The van der Waals surface area contributed by atoms with Crippen molar-refractivity contribution in [2.45, 2.75) is 25.8 Å². The van der Waals surface area contributed by atoms with Crippen LogP contribution in [0.2, 0.25) is 0 Å². The van der Waals surface area contributed by atoms with Crippen LogP contribution in [0, 0.1) is 5.92 Å². The van der Waals surface area contributed by atoms with E-state index in [-0.39, 0.29) is 24.6 Å². The van der Waals surface area contributed by atoms with E-state index < -0.39 is 0 Å². The molecule has 16 heavy (non-hydrogen) atoms. The number of hydrogen-bond donors (Lipinski definition) is 3. The Bertz CT molecular complexity index is 274. The van der Waals surface area contributed by atoms with E-state index in [1.807, 2.05) is 31.2 Å². The minimum Gasteiger partial charge on any atom is -0.396 e. The van der Waals surface area contributed by atoms with Gasteiger partial charge in [-0.1, -0.05) is 24.3 Å². The summed E-state index contributed by atoms with van der Waals surface area (Å²) in [5.74, 6) is 0.188. The minimum atomic E-state index is -0.141. The Morgan fingerprint density at radius 1 is 1.56 bits per heavy atom. The smallest absolute Gasteiger partial charge is 0.315 e. The minimum absolute atomic E-state index is 0.0545. The van der Waals surface area contributed by atoms with E-state index in [0.717, 1.165) is 12.8 Å². The molecule has 0 saturated heterocycles. The Morgan fingerprint density at radius 2 is 2.38 bits per heavy atom. The molecule has 2 amide bonds. The zero-order valence-corrected chi connectivity index (χ0v) is 9.65. The molecular formula is C12H20N2O2. The number of carbonyl (C=O) groups excluding carboxylic acids is 1. The van der Waals surface area contributed by atoms with Crippen molar-refractivity contribution in [1.82, 2.24) is 10.6 Å². The summed E-state index contributed by atoms with van der Waals surface area (Å²) >= 11 is 0. The van der Waals surface area contributed by atoms with Crippen LogP contribution in [-0.4, -0.2) is 30.3 Å². The highest BCUT2D eigenvalue weighted by Crippen LogP contribution is 2.16. The van der Waals surface area contributed by atoms with Gasteiger partial charge in [0.1, 0.15) is 0 Å². The van der Waals surface area contributed by atoms with E-state index in [4.69, 9.17) is 5.11 Å². The van der Waals surface area contributed by atoms with Crippen LogP contribution >= 0.6 is 0 Å². The molecule has 4 heteroatoms. The van der Waals surface area contributed by atoms with Crippen molar-refractivity contribution >= 4 is 6.03 Å². The molecule has 0 unspecified atom stereocenters. The molecule has 0 spiro atoms. The number of aliphatic hydroxyl groups is 1. The van der Waals surface area contributed by atoms with Gasteiger partial charge < -0.3 is 15.7 Å². The fourth-order valence-electron chi connectivity index (χ4n) is 1.67. The molecule has 1 rings (SSSR count). The second-order valence-electron chi connectivity index (χ2n) is 3.93. The molecular weight excluding hydrogens is 204 g/mol. The largest absolute Gasteiger partial charge is 0.396 e. The second kappa shape index (κ2) is 7.06. The van der Waals surface area contributed by atoms with E-state index in [1.54, 1.807) is 0 Å². The molecule has 0 bridgehead atoms.